The third-order valence-electron chi connectivity index (χ3n) is 1.43. The van der Waals surface area contributed by atoms with E-state index in [2.05, 4.69) is 0 Å². The van der Waals surface area contributed by atoms with Crippen LogP contribution in [0.15, 0.2) is 34.2 Å². The van der Waals surface area contributed by atoms with Crippen molar-refractivity contribution in [1.82, 2.24) is 0 Å². The minimum Gasteiger partial charge on any atom is -0.481 e. The maximum atomic E-state index is 10.3. The van der Waals surface area contributed by atoms with E-state index < -0.39 is 5.97 Å². The molecule has 0 aliphatic carbocycles. The molecule has 0 aliphatic heterocycles. The molecule has 15 heavy (non-hydrogen) atoms. The first-order chi connectivity index (χ1) is 7.06. The highest BCUT2D eigenvalue weighted by molar-refractivity contribution is 8.03. The molecule has 0 amide bonds. The van der Waals surface area contributed by atoms with Crippen molar-refractivity contribution >= 4 is 29.3 Å². The molecule has 2 nitrogen and oxygen atoms in total. The summed E-state index contributed by atoms with van der Waals surface area (Å²) in [5.41, 5.74) is 0. The number of carboxylic acids is 1. The SMILES string of the molecule is C\C=C/C=C(Cl)\C=C(/C)SCCC(=O)O. The van der Waals surface area contributed by atoms with Crippen molar-refractivity contribution in [3.63, 3.8) is 0 Å². The van der Waals surface area contributed by atoms with Gasteiger partial charge in [-0.25, -0.2) is 0 Å². The van der Waals surface area contributed by atoms with Crippen molar-refractivity contribution in [2.24, 2.45) is 0 Å². The van der Waals surface area contributed by atoms with Crippen molar-refractivity contribution in [2.75, 3.05) is 5.75 Å². The second-order valence-electron chi connectivity index (χ2n) is 2.82. The Hall–Kier alpha value is -0.670. The zero-order valence-electron chi connectivity index (χ0n) is 8.87. The van der Waals surface area contributed by atoms with E-state index in [0.717, 1.165) is 4.91 Å². The summed E-state index contributed by atoms with van der Waals surface area (Å²) < 4.78 is 0. The van der Waals surface area contributed by atoms with E-state index in [9.17, 15) is 4.79 Å². The molecular weight excluding hydrogens is 232 g/mol. The molecule has 0 unspecified atom stereocenters. The number of rotatable bonds is 6. The molecule has 0 fully saturated rings. The number of halogens is 1. The molecule has 0 heterocycles. The second-order valence-corrected chi connectivity index (χ2v) is 4.60. The van der Waals surface area contributed by atoms with E-state index in [1.807, 2.05) is 32.1 Å². The third kappa shape index (κ3) is 9.63. The molecule has 84 valence electrons. The van der Waals surface area contributed by atoms with Gasteiger partial charge in [-0.1, -0.05) is 23.8 Å². The van der Waals surface area contributed by atoms with Crippen LogP contribution >= 0.6 is 23.4 Å². The summed E-state index contributed by atoms with van der Waals surface area (Å²) in [6.07, 6.45) is 7.54. The van der Waals surface area contributed by atoms with Gasteiger partial charge in [-0.3, -0.25) is 4.79 Å². The Labute approximate surface area is 99.7 Å². The summed E-state index contributed by atoms with van der Waals surface area (Å²) in [5.74, 6) is -0.198. The molecule has 0 spiro atoms. The van der Waals surface area contributed by atoms with Gasteiger partial charge < -0.3 is 5.11 Å². The second kappa shape index (κ2) is 8.62. The summed E-state index contributed by atoms with van der Waals surface area (Å²) in [7, 11) is 0. The third-order valence-corrected chi connectivity index (χ3v) is 2.65. The van der Waals surface area contributed by atoms with Gasteiger partial charge in [0.1, 0.15) is 0 Å². The number of hydrogen-bond acceptors (Lipinski definition) is 2. The van der Waals surface area contributed by atoms with Gasteiger partial charge in [0.15, 0.2) is 0 Å². The Morgan fingerprint density at radius 3 is 2.73 bits per heavy atom. The van der Waals surface area contributed by atoms with E-state index in [4.69, 9.17) is 16.7 Å². The summed E-state index contributed by atoms with van der Waals surface area (Å²) >= 11 is 7.40. The van der Waals surface area contributed by atoms with Crippen LogP contribution in [0, 0.1) is 0 Å². The highest BCUT2D eigenvalue weighted by atomic mass is 35.5. The normalized spacial score (nSPS) is 13.5. The van der Waals surface area contributed by atoms with Crippen LogP contribution in [-0.4, -0.2) is 16.8 Å². The van der Waals surface area contributed by atoms with Crippen LogP contribution in [-0.2, 0) is 4.79 Å². The Kier molecular flexibility index (Phi) is 8.24. The number of hydrogen-bond donors (Lipinski definition) is 1. The highest BCUT2D eigenvalue weighted by Gasteiger charge is 1.97. The number of thioether (sulfide) groups is 1. The first kappa shape index (κ1) is 14.3. The average Bonchev–Trinajstić information content (AvgIpc) is 2.14. The van der Waals surface area contributed by atoms with Crippen LogP contribution in [0.4, 0.5) is 0 Å². The molecule has 1 N–H and O–H groups in total. The monoisotopic (exact) mass is 246 g/mol. The quantitative estimate of drug-likeness (QED) is 0.725. The average molecular weight is 247 g/mol. The molecule has 0 bridgehead atoms. The van der Waals surface area contributed by atoms with Gasteiger partial charge in [0, 0.05) is 10.8 Å². The molecule has 4 heteroatoms. The van der Waals surface area contributed by atoms with Gasteiger partial charge in [0.2, 0.25) is 0 Å². The fourth-order valence-corrected chi connectivity index (χ4v) is 1.88. The van der Waals surface area contributed by atoms with Gasteiger partial charge in [-0.15, -0.1) is 11.8 Å². The van der Waals surface area contributed by atoms with Crippen molar-refractivity contribution < 1.29 is 9.90 Å². The standard InChI is InChI=1S/C11H15ClO2S/c1-3-4-5-10(12)8-9(2)15-7-6-11(13)14/h3-5,8H,6-7H2,1-2H3,(H,13,14)/b4-3-,9-8+,10-5+. The molecule has 0 radical (unpaired) electrons. The van der Waals surface area contributed by atoms with Gasteiger partial charge in [0.25, 0.3) is 0 Å². The van der Waals surface area contributed by atoms with E-state index >= 15 is 0 Å². The number of carbonyl (C=O) groups is 1. The molecule has 0 saturated heterocycles. The minimum absolute atomic E-state index is 0.173. The summed E-state index contributed by atoms with van der Waals surface area (Å²) in [6, 6.07) is 0. The lowest BCUT2D eigenvalue weighted by atomic mass is 10.4. The maximum Gasteiger partial charge on any atom is 0.304 e. The van der Waals surface area contributed by atoms with Gasteiger partial charge in [0.05, 0.1) is 6.42 Å². The van der Waals surface area contributed by atoms with Crippen LogP contribution in [0.2, 0.25) is 0 Å². The molecule has 0 aromatic rings. The Bertz CT molecular complexity index is 293. The molecular formula is C11H15ClO2S. The molecule has 0 aromatic carbocycles. The van der Waals surface area contributed by atoms with Crippen molar-refractivity contribution in [3.05, 3.63) is 34.2 Å². The van der Waals surface area contributed by atoms with Crippen LogP contribution in [0.5, 0.6) is 0 Å². The largest absolute Gasteiger partial charge is 0.481 e. The highest BCUT2D eigenvalue weighted by Crippen LogP contribution is 2.19. The number of carboxylic acid groups (broad SMARTS) is 1. The first-order valence-electron chi connectivity index (χ1n) is 4.57. The lowest BCUT2D eigenvalue weighted by Crippen LogP contribution is -1.95. The topological polar surface area (TPSA) is 37.3 Å². The van der Waals surface area contributed by atoms with E-state index in [0.29, 0.717) is 10.8 Å². The molecule has 0 rings (SSSR count). The fourth-order valence-electron chi connectivity index (χ4n) is 0.771. The first-order valence-corrected chi connectivity index (χ1v) is 5.94. The summed E-state index contributed by atoms with van der Waals surface area (Å²) in [5, 5.41) is 9.09. The lowest BCUT2D eigenvalue weighted by molar-refractivity contribution is -0.136. The molecule has 0 aromatic heterocycles. The minimum atomic E-state index is -0.772. The predicted molar refractivity (Wildman–Crippen MR) is 67.2 cm³/mol. The molecule has 0 aliphatic rings. The zero-order chi connectivity index (χ0) is 11.7. The van der Waals surface area contributed by atoms with Crippen molar-refractivity contribution in [2.45, 2.75) is 20.3 Å². The summed E-state index contributed by atoms with van der Waals surface area (Å²) in [4.78, 5) is 11.3. The molecule has 0 saturated carbocycles. The summed E-state index contributed by atoms with van der Waals surface area (Å²) in [6.45, 7) is 3.83. The van der Waals surface area contributed by atoms with Crippen molar-refractivity contribution in [1.29, 1.82) is 0 Å². The Balaban J connectivity index is 4.02. The smallest absolute Gasteiger partial charge is 0.304 e. The van der Waals surface area contributed by atoms with Crippen molar-refractivity contribution in [3.8, 4) is 0 Å². The lowest BCUT2D eigenvalue weighted by Gasteiger charge is -1.98. The maximum absolute atomic E-state index is 10.3. The Morgan fingerprint density at radius 2 is 2.20 bits per heavy atom. The number of allylic oxidation sites excluding steroid dienone is 6. The number of aliphatic carboxylic acids is 1. The fraction of sp³-hybridized carbons (Fsp3) is 0.364. The predicted octanol–water partition coefficient (Wildman–Crippen LogP) is 3.80. The van der Waals surface area contributed by atoms with Gasteiger partial charge >= 0.3 is 5.97 Å². The van der Waals surface area contributed by atoms with Crippen LogP contribution in [0.3, 0.4) is 0 Å². The van der Waals surface area contributed by atoms with E-state index in [-0.39, 0.29) is 6.42 Å². The van der Waals surface area contributed by atoms with Crippen LogP contribution in [0.1, 0.15) is 20.3 Å². The van der Waals surface area contributed by atoms with Crippen LogP contribution in [0.25, 0.3) is 0 Å². The van der Waals surface area contributed by atoms with Crippen LogP contribution < -0.4 is 0 Å². The van der Waals surface area contributed by atoms with E-state index in [1.165, 1.54) is 11.8 Å². The van der Waals surface area contributed by atoms with Gasteiger partial charge in [-0.2, -0.15) is 0 Å². The van der Waals surface area contributed by atoms with E-state index in [1.54, 1.807) is 6.08 Å². The molecule has 0 atom stereocenters. The zero-order valence-corrected chi connectivity index (χ0v) is 10.4. The Morgan fingerprint density at radius 1 is 1.53 bits per heavy atom. The van der Waals surface area contributed by atoms with Gasteiger partial charge in [-0.05, 0) is 30.9 Å².